The molecule has 2 unspecified atom stereocenters. The summed E-state index contributed by atoms with van der Waals surface area (Å²) in [7, 11) is 0. The van der Waals surface area contributed by atoms with Gasteiger partial charge in [0.25, 0.3) is 0 Å². The van der Waals surface area contributed by atoms with Crippen LogP contribution in [0.2, 0.25) is 0 Å². The van der Waals surface area contributed by atoms with Crippen molar-refractivity contribution in [2.75, 3.05) is 6.61 Å². The highest BCUT2D eigenvalue weighted by Gasteiger charge is 2.20. The first-order valence-electron chi connectivity index (χ1n) is 6.70. The molecule has 17 heavy (non-hydrogen) atoms. The lowest BCUT2D eigenvalue weighted by Crippen LogP contribution is -2.09. The van der Waals surface area contributed by atoms with E-state index in [4.69, 9.17) is 4.74 Å². The van der Waals surface area contributed by atoms with Crippen LogP contribution in [0.3, 0.4) is 0 Å². The van der Waals surface area contributed by atoms with Crippen molar-refractivity contribution in [1.82, 2.24) is 0 Å². The summed E-state index contributed by atoms with van der Waals surface area (Å²) in [6.07, 6.45) is 5.30. The Bertz CT molecular complexity index is 349. The fraction of sp³-hybridized carbons (Fsp3) is 0.600. The lowest BCUT2D eigenvalue weighted by Gasteiger charge is -2.17. The summed E-state index contributed by atoms with van der Waals surface area (Å²) in [5, 5.41) is 9.86. The van der Waals surface area contributed by atoms with Gasteiger partial charge in [-0.2, -0.15) is 0 Å². The van der Waals surface area contributed by atoms with Crippen molar-refractivity contribution < 1.29 is 9.84 Å². The Balaban J connectivity index is 2.11. The van der Waals surface area contributed by atoms with Gasteiger partial charge in [-0.15, -0.1) is 0 Å². The van der Waals surface area contributed by atoms with Gasteiger partial charge in [-0.05, 0) is 49.8 Å². The van der Waals surface area contributed by atoms with Gasteiger partial charge in [0.2, 0.25) is 0 Å². The molecule has 2 heteroatoms. The fourth-order valence-corrected chi connectivity index (χ4v) is 2.66. The molecule has 0 spiro atoms. The molecular weight excluding hydrogens is 212 g/mol. The minimum absolute atomic E-state index is 0.127. The summed E-state index contributed by atoms with van der Waals surface area (Å²) in [4.78, 5) is 0. The van der Waals surface area contributed by atoms with Gasteiger partial charge in [0, 0.05) is 0 Å². The molecule has 0 saturated heterocycles. The minimum atomic E-state index is -0.127. The van der Waals surface area contributed by atoms with E-state index in [2.05, 4.69) is 18.2 Å². The summed E-state index contributed by atoms with van der Waals surface area (Å²) >= 11 is 0. The minimum Gasteiger partial charge on any atom is -0.494 e. The number of hydrogen-bond acceptors (Lipinski definition) is 2. The molecule has 2 nitrogen and oxygen atoms in total. The zero-order valence-corrected chi connectivity index (χ0v) is 10.6. The Hall–Kier alpha value is -1.02. The van der Waals surface area contributed by atoms with Gasteiger partial charge in [0.05, 0.1) is 12.7 Å². The number of aliphatic hydroxyl groups is 1. The molecule has 1 fully saturated rings. The van der Waals surface area contributed by atoms with Gasteiger partial charge in [-0.1, -0.05) is 25.0 Å². The van der Waals surface area contributed by atoms with Crippen molar-refractivity contribution in [3.8, 4) is 5.75 Å². The summed E-state index contributed by atoms with van der Waals surface area (Å²) in [6, 6.07) is 8.34. The van der Waals surface area contributed by atoms with E-state index >= 15 is 0 Å². The van der Waals surface area contributed by atoms with E-state index in [0.717, 1.165) is 25.0 Å². The molecule has 0 radical (unpaired) electrons. The molecule has 0 aliphatic heterocycles. The van der Waals surface area contributed by atoms with Crippen molar-refractivity contribution in [2.24, 2.45) is 0 Å². The van der Waals surface area contributed by atoms with E-state index in [0.29, 0.717) is 12.5 Å². The SMILES string of the molecule is CCOc1cccc(C2CCCCC(O)C2)c1. The predicted molar refractivity (Wildman–Crippen MR) is 69.4 cm³/mol. The highest BCUT2D eigenvalue weighted by atomic mass is 16.5. The molecule has 2 atom stereocenters. The average molecular weight is 234 g/mol. The highest BCUT2D eigenvalue weighted by molar-refractivity contribution is 5.31. The van der Waals surface area contributed by atoms with Gasteiger partial charge in [-0.3, -0.25) is 0 Å². The quantitative estimate of drug-likeness (QED) is 0.811. The van der Waals surface area contributed by atoms with Crippen molar-refractivity contribution in [2.45, 2.75) is 51.0 Å². The van der Waals surface area contributed by atoms with Crippen LogP contribution in [0.5, 0.6) is 5.75 Å². The maximum absolute atomic E-state index is 9.86. The topological polar surface area (TPSA) is 29.5 Å². The molecule has 0 bridgehead atoms. The first kappa shape index (κ1) is 12.4. The van der Waals surface area contributed by atoms with E-state index in [1.54, 1.807) is 0 Å². The van der Waals surface area contributed by atoms with Crippen molar-refractivity contribution >= 4 is 0 Å². The maximum atomic E-state index is 9.86. The molecule has 0 aromatic heterocycles. The molecule has 1 aliphatic rings. The van der Waals surface area contributed by atoms with Crippen LogP contribution in [0.4, 0.5) is 0 Å². The van der Waals surface area contributed by atoms with Crippen molar-refractivity contribution in [3.05, 3.63) is 29.8 Å². The summed E-state index contributed by atoms with van der Waals surface area (Å²) in [5.74, 6) is 1.44. The van der Waals surface area contributed by atoms with Crippen molar-refractivity contribution in [3.63, 3.8) is 0 Å². The van der Waals surface area contributed by atoms with Crippen LogP contribution in [-0.2, 0) is 0 Å². The van der Waals surface area contributed by atoms with E-state index in [1.165, 1.54) is 18.4 Å². The van der Waals surface area contributed by atoms with Crippen LogP contribution in [-0.4, -0.2) is 17.8 Å². The number of aliphatic hydroxyl groups excluding tert-OH is 1. The second-order valence-electron chi connectivity index (χ2n) is 4.88. The van der Waals surface area contributed by atoms with Gasteiger partial charge in [0.1, 0.15) is 5.75 Å². The van der Waals surface area contributed by atoms with Crippen LogP contribution in [0.1, 0.15) is 50.5 Å². The lowest BCUT2D eigenvalue weighted by molar-refractivity contribution is 0.152. The Morgan fingerprint density at radius 3 is 2.94 bits per heavy atom. The Kier molecular flexibility index (Phi) is 4.43. The summed E-state index contributed by atoms with van der Waals surface area (Å²) in [5.41, 5.74) is 1.32. The van der Waals surface area contributed by atoms with E-state index in [-0.39, 0.29) is 6.10 Å². The molecule has 1 saturated carbocycles. The van der Waals surface area contributed by atoms with E-state index in [9.17, 15) is 5.11 Å². The monoisotopic (exact) mass is 234 g/mol. The summed E-state index contributed by atoms with van der Waals surface area (Å²) in [6.45, 7) is 2.71. The third-order valence-electron chi connectivity index (χ3n) is 3.54. The molecule has 1 N–H and O–H groups in total. The second kappa shape index (κ2) is 6.06. The average Bonchev–Trinajstić information content (AvgIpc) is 2.55. The molecule has 0 amide bonds. The lowest BCUT2D eigenvalue weighted by atomic mass is 9.91. The van der Waals surface area contributed by atoms with Gasteiger partial charge in [-0.25, -0.2) is 0 Å². The number of benzene rings is 1. The number of hydrogen-bond donors (Lipinski definition) is 1. The normalized spacial score (nSPS) is 25.3. The Labute approximate surface area is 104 Å². The smallest absolute Gasteiger partial charge is 0.119 e. The van der Waals surface area contributed by atoms with Crippen LogP contribution in [0.25, 0.3) is 0 Å². The summed E-state index contributed by atoms with van der Waals surface area (Å²) < 4.78 is 5.53. The zero-order valence-electron chi connectivity index (χ0n) is 10.6. The molecule has 0 heterocycles. The number of ether oxygens (including phenoxy) is 1. The molecule has 2 rings (SSSR count). The maximum Gasteiger partial charge on any atom is 0.119 e. The largest absolute Gasteiger partial charge is 0.494 e. The first-order valence-corrected chi connectivity index (χ1v) is 6.70. The molecule has 1 aromatic rings. The van der Waals surface area contributed by atoms with E-state index < -0.39 is 0 Å². The zero-order chi connectivity index (χ0) is 12.1. The molecule has 1 aromatic carbocycles. The van der Waals surface area contributed by atoms with Crippen LogP contribution < -0.4 is 4.74 Å². The third kappa shape index (κ3) is 3.47. The second-order valence-corrected chi connectivity index (χ2v) is 4.88. The standard InChI is InChI=1S/C15H22O2/c1-2-17-15-9-5-7-13(11-15)12-6-3-4-8-14(16)10-12/h5,7,9,11-12,14,16H,2-4,6,8,10H2,1H3. The number of rotatable bonds is 3. The molecular formula is C15H22O2. The predicted octanol–water partition coefficient (Wildman–Crippen LogP) is 3.49. The van der Waals surface area contributed by atoms with Gasteiger partial charge in [0.15, 0.2) is 0 Å². The Morgan fingerprint density at radius 2 is 2.12 bits per heavy atom. The third-order valence-corrected chi connectivity index (χ3v) is 3.54. The molecule has 94 valence electrons. The van der Waals surface area contributed by atoms with E-state index in [1.807, 2.05) is 13.0 Å². The van der Waals surface area contributed by atoms with Crippen molar-refractivity contribution in [1.29, 1.82) is 0 Å². The van der Waals surface area contributed by atoms with Crippen LogP contribution in [0, 0.1) is 0 Å². The van der Waals surface area contributed by atoms with Gasteiger partial charge < -0.3 is 9.84 Å². The molecule has 1 aliphatic carbocycles. The highest BCUT2D eigenvalue weighted by Crippen LogP contribution is 2.33. The van der Waals surface area contributed by atoms with Crippen LogP contribution >= 0.6 is 0 Å². The first-order chi connectivity index (χ1) is 8.29. The fourth-order valence-electron chi connectivity index (χ4n) is 2.66. The van der Waals surface area contributed by atoms with Crippen LogP contribution in [0.15, 0.2) is 24.3 Å². The Morgan fingerprint density at radius 1 is 1.29 bits per heavy atom. The van der Waals surface area contributed by atoms with Gasteiger partial charge >= 0.3 is 0 Å².